The summed E-state index contributed by atoms with van der Waals surface area (Å²) in [6.07, 6.45) is 3.41. The van der Waals surface area contributed by atoms with E-state index in [0.29, 0.717) is 36.0 Å². The SMILES string of the molecule is C=CCOc1ccc(/C=C2\C(=O)ON=C2c2ccccc2)cc1OCC. The van der Waals surface area contributed by atoms with Crippen LogP contribution in [0.1, 0.15) is 18.1 Å². The summed E-state index contributed by atoms with van der Waals surface area (Å²) in [4.78, 5) is 17.0. The highest BCUT2D eigenvalue weighted by Crippen LogP contribution is 2.30. The molecule has 0 fully saturated rings. The molecule has 0 aliphatic carbocycles. The van der Waals surface area contributed by atoms with Crippen molar-refractivity contribution < 1.29 is 19.1 Å². The smallest absolute Gasteiger partial charge is 0.368 e. The third-order valence-corrected chi connectivity index (χ3v) is 3.68. The Bertz CT molecular complexity index is 869. The van der Waals surface area contributed by atoms with Gasteiger partial charge in [0.25, 0.3) is 0 Å². The van der Waals surface area contributed by atoms with E-state index in [9.17, 15) is 4.79 Å². The lowest BCUT2D eigenvalue weighted by Gasteiger charge is -2.11. The average molecular weight is 349 g/mol. The molecular formula is C21H19NO4. The number of benzene rings is 2. The first-order valence-electron chi connectivity index (χ1n) is 8.30. The lowest BCUT2D eigenvalue weighted by molar-refractivity contribution is -0.136. The number of hydrogen-bond donors (Lipinski definition) is 0. The summed E-state index contributed by atoms with van der Waals surface area (Å²) in [5.74, 6) is 0.752. The van der Waals surface area contributed by atoms with E-state index in [1.54, 1.807) is 18.2 Å². The fourth-order valence-corrected chi connectivity index (χ4v) is 2.53. The molecule has 2 aromatic carbocycles. The molecule has 1 aliphatic heterocycles. The second-order valence-electron chi connectivity index (χ2n) is 5.48. The van der Waals surface area contributed by atoms with Crippen LogP contribution in [0.2, 0.25) is 0 Å². The van der Waals surface area contributed by atoms with E-state index in [-0.39, 0.29) is 0 Å². The number of carbonyl (C=O) groups is 1. The minimum atomic E-state index is -0.478. The van der Waals surface area contributed by atoms with E-state index in [2.05, 4.69) is 11.7 Å². The molecule has 0 atom stereocenters. The Hall–Kier alpha value is -3.34. The second kappa shape index (κ2) is 8.16. The molecule has 0 spiro atoms. The van der Waals surface area contributed by atoms with Crippen molar-refractivity contribution >= 4 is 17.8 Å². The van der Waals surface area contributed by atoms with Crippen LogP contribution in [-0.4, -0.2) is 24.9 Å². The molecule has 0 unspecified atom stereocenters. The van der Waals surface area contributed by atoms with E-state index in [0.717, 1.165) is 11.1 Å². The molecule has 0 amide bonds. The van der Waals surface area contributed by atoms with Crippen LogP contribution in [0.5, 0.6) is 11.5 Å². The zero-order chi connectivity index (χ0) is 18.4. The Balaban J connectivity index is 1.95. The number of ether oxygens (including phenoxy) is 2. The first kappa shape index (κ1) is 17.5. The van der Waals surface area contributed by atoms with Gasteiger partial charge in [-0.2, -0.15) is 0 Å². The van der Waals surface area contributed by atoms with Gasteiger partial charge in [-0.3, -0.25) is 0 Å². The van der Waals surface area contributed by atoms with E-state index in [1.165, 1.54) is 0 Å². The van der Waals surface area contributed by atoms with E-state index >= 15 is 0 Å². The Morgan fingerprint density at radius 1 is 1.12 bits per heavy atom. The molecule has 0 saturated carbocycles. The van der Waals surface area contributed by atoms with Gasteiger partial charge in [-0.25, -0.2) is 4.79 Å². The van der Waals surface area contributed by atoms with Crippen molar-refractivity contribution in [1.29, 1.82) is 0 Å². The second-order valence-corrected chi connectivity index (χ2v) is 5.48. The summed E-state index contributed by atoms with van der Waals surface area (Å²) >= 11 is 0. The van der Waals surface area contributed by atoms with Gasteiger partial charge in [0.05, 0.1) is 12.2 Å². The number of rotatable bonds is 7. The van der Waals surface area contributed by atoms with Crippen molar-refractivity contribution in [1.82, 2.24) is 0 Å². The highest BCUT2D eigenvalue weighted by atomic mass is 16.7. The Kier molecular flexibility index (Phi) is 5.49. The van der Waals surface area contributed by atoms with Crippen LogP contribution < -0.4 is 9.47 Å². The Morgan fingerprint density at radius 2 is 1.92 bits per heavy atom. The molecule has 26 heavy (non-hydrogen) atoms. The van der Waals surface area contributed by atoms with Crippen LogP contribution in [0.3, 0.4) is 0 Å². The largest absolute Gasteiger partial charge is 0.490 e. The third kappa shape index (κ3) is 3.83. The highest BCUT2D eigenvalue weighted by Gasteiger charge is 2.26. The third-order valence-electron chi connectivity index (χ3n) is 3.68. The molecule has 0 aromatic heterocycles. The van der Waals surface area contributed by atoms with Crippen LogP contribution >= 0.6 is 0 Å². The molecule has 132 valence electrons. The lowest BCUT2D eigenvalue weighted by Crippen LogP contribution is -2.06. The first-order chi connectivity index (χ1) is 12.7. The number of nitrogens with zero attached hydrogens (tertiary/aromatic N) is 1. The summed E-state index contributed by atoms with van der Waals surface area (Å²) in [6, 6.07) is 14.9. The first-order valence-corrected chi connectivity index (χ1v) is 8.30. The zero-order valence-corrected chi connectivity index (χ0v) is 14.5. The number of hydrogen-bond acceptors (Lipinski definition) is 5. The van der Waals surface area contributed by atoms with Gasteiger partial charge < -0.3 is 14.3 Å². The molecule has 0 saturated heterocycles. The van der Waals surface area contributed by atoms with Crippen LogP contribution in [0.15, 0.2) is 71.9 Å². The van der Waals surface area contributed by atoms with Crippen molar-refractivity contribution in [3.05, 3.63) is 77.9 Å². The lowest BCUT2D eigenvalue weighted by atomic mass is 10.0. The predicted octanol–water partition coefficient (Wildman–Crippen LogP) is 3.99. The Labute approximate surface area is 152 Å². The van der Waals surface area contributed by atoms with Gasteiger partial charge in [0, 0.05) is 5.56 Å². The summed E-state index contributed by atoms with van der Waals surface area (Å²) in [6.45, 7) is 6.43. The number of carbonyl (C=O) groups excluding carboxylic acids is 1. The van der Waals surface area contributed by atoms with Gasteiger partial charge in [0.1, 0.15) is 12.3 Å². The number of oxime groups is 1. The average Bonchev–Trinajstić information content (AvgIpc) is 3.02. The monoisotopic (exact) mass is 349 g/mol. The van der Waals surface area contributed by atoms with Gasteiger partial charge in [-0.1, -0.05) is 54.2 Å². The maximum atomic E-state index is 12.1. The topological polar surface area (TPSA) is 57.1 Å². The van der Waals surface area contributed by atoms with Gasteiger partial charge in [-0.15, -0.1) is 0 Å². The standard InChI is InChI=1S/C21H19NO4/c1-3-12-25-18-11-10-15(14-19(18)24-4-2)13-17-20(22-26-21(17)23)16-8-6-5-7-9-16/h3,5-11,13-14H,1,4,12H2,2H3/b17-13-. The predicted molar refractivity (Wildman–Crippen MR) is 100 cm³/mol. The van der Waals surface area contributed by atoms with E-state index < -0.39 is 5.97 Å². The van der Waals surface area contributed by atoms with Crippen LogP contribution in [0.4, 0.5) is 0 Å². The van der Waals surface area contributed by atoms with E-state index in [1.807, 2.05) is 49.4 Å². The molecule has 2 aromatic rings. The summed E-state index contributed by atoms with van der Waals surface area (Å²) in [7, 11) is 0. The molecule has 5 nitrogen and oxygen atoms in total. The maximum Gasteiger partial charge on any atom is 0.368 e. The van der Waals surface area contributed by atoms with Crippen molar-refractivity contribution in [2.75, 3.05) is 13.2 Å². The fourth-order valence-electron chi connectivity index (χ4n) is 2.53. The highest BCUT2D eigenvalue weighted by molar-refractivity contribution is 6.31. The Morgan fingerprint density at radius 3 is 2.65 bits per heavy atom. The molecule has 1 heterocycles. The minimum absolute atomic E-state index is 0.387. The van der Waals surface area contributed by atoms with Crippen LogP contribution in [-0.2, 0) is 9.63 Å². The summed E-state index contributed by atoms with van der Waals surface area (Å²) in [5, 5.41) is 3.91. The zero-order valence-electron chi connectivity index (χ0n) is 14.5. The summed E-state index contributed by atoms with van der Waals surface area (Å²) in [5.41, 5.74) is 2.52. The minimum Gasteiger partial charge on any atom is -0.490 e. The molecule has 3 rings (SSSR count). The van der Waals surface area contributed by atoms with Crippen molar-refractivity contribution in [3.8, 4) is 11.5 Å². The quantitative estimate of drug-likeness (QED) is 0.431. The summed E-state index contributed by atoms with van der Waals surface area (Å²) < 4.78 is 11.2. The normalized spacial score (nSPS) is 14.7. The molecule has 1 aliphatic rings. The van der Waals surface area contributed by atoms with E-state index in [4.69, 9.17) is 14.3 Å². The van der Waals surface area contributed by atoms with Gasteiger partial charge >= 0.3 is 5.97 Å². The van der Waals surface area contributed by atoms with Crippen LogP contribution in [0, 0.1) is 0 Å². The van der Waals surface area contributed by atoms with Crippen molar-refractivity contribution in [2.24, 2.45) is 5.16 Å². The fraction of sp³-hybridized carbons (Fsp3) is 0.143. The van der Waals surface area contributed by atoms with Crippen molar-refractivity contribution in [2.45, 2.75) is 6.92 Å². The molecule has 0 N–H and O–H groups in total. The maximum absolute atomic E-state index is 12.1. The van der Waals surface area contributed by atoms with Crippen LogP contribution in [0.25, 0.3) is 6.08 Å². The molecule has 0 radical (unpaired) electrons. The van der Waals surface area contributed by atoms with Crippen molar-refractivity contribution in [3.63, 3.8) is 0 Å². The van der Waals surface area contributed by atoms with Gasteiger partial charge in [0.2, 0.25) is 0 Å². The van der Waals surface area contributed by atoms with Gasteiger partial charge in [0.15, 0.2) is 11.5 Å². The van der Waals surface area contributed by atoms with Gasteiger partial charge in [-0.05, 0) is 30.7 Å². The molecule has 5 heteroatoms. The molecule has 0 bridgehead atoms. The molecular weight excluding hydrogens is 330 g/mol.